The molecule has 14 heteroatoms. The number of hydrogen-bond acceptors (Lipinski definition) is 9. The lowest BCUT2D eigenvalue weighted by molar-refractivity contribution is -0.759. The van der Waals surface area contributed by atoms with Gasteiger partial charge in [0.15, 0.2) is 0 Å². The fourth-order valence-electron chi connectivity index (χ4n) is 2.01. The summed E-state index contributed by atoms with van der Waals surface area (Å²) in [5.74, 6) is -4.70. The summed E-state index contributed by atoms with van der Waals surface area (Å²) >= 11 is 0. The maximum atomic E-state index is 9.97. The number of nitrogens with zero attached hydrogens (tertiary/aromatic N) is 2. The second-order valence-corrected chi connectivity index (χ2v) is 5.61. The van der Waals surface area contributed by atoms with Crippen LogP contribution in [0.3, 0.4) is 0 Å². The van der Waals surface area contributed by atoms with Crippen LogP contribution in [0.15, 0.2) is 24.3 Å². The average Bonchev–Trinajstić information content (AvgIpc) is 2.65. The molecule has 0 radical (unpaired) electrons. The van der Waals surface area contributed by atoms with Gasteiger partial charge in [0, 0.05) is 37.4 Å². The van der Waals surface area contributed by atoms with E-state index in [0.29, 0.717) is 36.8 Å². The third kappa shape index (κ3) is 22.5. The molecular formula is C16H25N3O11. The Morgan fingerprint density at radius 2 is 1.30 bits per heavy atom. The summed E-state index contributed by atoms with van der Waals surface area (Å²) in [7, 11) is 0. The number of rotatable bonds is 9. The minimum Gasteiger partial charge on any atom is -0.478 e. The normalized spacial score (nSPS) is 14.2. The molecule has 0 amide bonds. The van der Waals surface area contributed by atoms with Crippen molar-refractivity contribution in [3.63, 3.8) is 0 Å². The second-order valence-electron chi connectivity index (χ2n) is 5.61. The fraction of sp³-hybridized carbons (Fsp3) is 0.500. The van der Waals surface area contributed by atoms with Gasteiger partial charge in [-0.3, -0.25) is 0 Å². The van der Waals surface area contributed by atoms with Crippen molar-refractivity contribution >= 4 is 23.9 Å². The number of carboxylic acid groups (broad SMARTS) is 4. The van der Waals surface area contributed by atoms with E-state index < -0.39 is 29.0 Å². The Kier molecular flexibility index (Phi) is 16.8. The van der Waals surface area contributed by atoms with Crippen molar-refractivity contribution in [3.05, 3.63) is 34.4 Å². The number of carbonyl (C=O) groups is 4. The van der Waals surface area contributed by atoms with E-state index in [9.17, 15) is 29.3 Å². The third-order valence-corrected chi connectivity index (χ3v) is 3.31. The summed E-state index contributed by atoms with van der Waals surface area (Å²) < 4.78 is 0. The van der Waals surface area contributed by atoms with Crippen LogP contribution in [0.5, 0.6) is 0 Å². The van der Waals surface area contributed by atoms with E-state index in [1.165, 1.54) is 0 Å². The molecule has 0 atom stereocenters. The Hall–Kier alpha value is -3.52. The second kappa shape index (κ2) is 17.6. The van der Waals surface area contributed by atoms with E-state index in [0.717, 1.165) is 32.5 Å². The zero-order valence-electron chi connectivity index (χ0n) is 16.0. The van der Waals surface area contributed by atoms with Gasteiger partial charge in [0.1, 0.15) is 0 Å². The van der Waals surface area contributed by atoms with Gasteiger partial charge in [0.2, 0.25) is 0 Å². The molecule has 0 aromatic rings. The Morgan fingerprint density at radius 1 is 0.933 bits per heavy atom. The van der Waals surface area contributed by atoms with E-state index in [2.05, 4.69) is 9.74 Å². The predicted octanol–water partition coefficient (Wildman–Crippen LogP) is -0.711. The van der Waals surface area contributed by atoms with Crippen molar-refractivity contribution in [2.24, 2.45) is 11.7 Å². The highest BCUT2D eigenvalue weighted by Crippen LogP contribution is 2.16. The quantitative estimate of drug-likeness (QED) is 0.171. The van der Waals surface area contributed by atoms with Gasteiger partial charge in [-0.15, -0.1) is 10.1 Å². The van der Waals surface area contributed by atoms with Crippen LogP contribution in [0.2, 0.25) is 0 Å². The van der Waals surface area contributed by atoms with Crippen molar-refractivity contribution in [2.45, 2.75) is 12.8 Å². The molecule has 0 unspecified atom stereocenters. The minimum atomic E-state index is -1.26. The van der Waals surface area contributed by atoms with E-state index in [4.69, 9.17) is 26.2 Å². The molecule has 0 aromatic carbocycles. The molecule has 1 aliphatic rings. The highest BCUT2D eigenvalue weighted by molar-refractivity contribution is 5.90. The minimum absolute atomic E-state index is 0.240. The molecule has 0 bridgehead atoms. The van der Waals surface area contributed by atoms with E-state index in [-0.39, 0.29) is 6.61 Å². The number of nitrogens with two attached hydrogens (primary N) is 1. The first-order chi connectivity index (χ1) is 14.0. The Morgan fingerprint density at radius 3 is 1.57 bits per heavy atom. The third-order valence-electron chi connectivity index (χ3n) is 3.31. The van der Waals surface area contributed by atoms with Crippen LogP contribution in [0.25, 0.3) is 0 Å². The molecule has 1 aliphatic heterocycles. The van der Waals surface area contributed by atoms with Crippen LogP contribution < -0.4 is 5.73 Å². The molecule has 170 valence electrons. The Balaban J connectivity index is 0. The summed E-state index contributed by atoms with van der Waals surface area (Å²) in [5, 5.41) is 40.5. The summed E-state index contributed by atoms with van der Waals surface area (Å²) in [6.07, 6.45) is 4.16. The van der Waals surface area contributed by atoms with Crippen molar-refractivity contribution in [2.75, 3.05) is 32.8 Å². The molecule has 1 heterocycles. The van der Waals surface area contributed by atoms with Crippen molar-refractivity contribution < 1.29 is 49.5 Å². The van der Waals surface area contributed by atoms with E-state index >= 15 is 0 Å². The smallest absolute Gasteiger partial charge is 0.328 e. The Labute approximate surface area is 170 Å². The lowest BCUT2D eigenvalue weighted by Gasteiger charge is -2.30. The van der Waals surface area contributed by atoms with E-state index in [1.807, 2.05) is 0 Å². The number of carboxylic acids is 4. The molecule has 1 rings (SSSR count). The van der Waals surface area contributed by atoms with Crippen molar-refractivity contribution in [3.8, 4) is 0 Å². The monoisotopic (exact) mass is 435 g/mol. The molecule has 6 N–H and O–H groups in total. The first kappa shape index (κ1) is 28.7. The van der Waals surface area contributed by atoms with Gasteiger partial charge in [-0.2, -0.15) is 0 Å². The zero-order chi connectivity index (χ0) is 23.5. The lowest BCUT2D eigenvalue weighted by Crippen LogP contribution is -2.38. The van der Waals surface area contributed by atoms with Crippen LogP contribution >= 0.6 is 0 Å². The van der Waals surface area contributed by atoms with Gasteiger partial charge < -0.3 is 35.9 Å². The zero-order valence-corrected chi connectivity index (χ0v) is 16.0. The molecule has 0 aliphatic carbocycles. The van der Waals surface area contributed by atoms with Crippen molar-refractivity contribution in [1.29, 1.82) is 0 Å². The maximum absolute atomic E-state index is 9.97. The highest BCUT2D eigenvalue weighted by atomic mass is 16.9. The lowest BCUT2D eigenvalue weighted by atomic mass is 9.98. The number of likely N-dealkylation sites (tertiary alicyclic amines) is 1. The van der Waals surface area contributed by atoms with Crippen molar-refractivity contribution in [1.82, 2.24) is 4.90 Å². The van der Waals surface area contributed by atoms with Crippen LogP contribution in [-0.4, -0.2) is 87.1 Å². The van der Waals surface area contributed by atoms with E-state index in [1.54, 1.807) is 0 Å². The maximum Gasteiger partial charge on any atom is 0.328 e. The van der Waals surface area contributed by atoms with Gasteiger partial charge in [0.05, 0.1) is 6.61 Å². The van der Waals surface area contributed by atoms with Crippen LogP contribution in [-0.2, 0) is 24.0 Å². The summed E-state index contributed by atoms with van der Waals surface area (Å²) in [5.41, 5.74) is 5.44. The molecular weight excluding hydrogens is 410 g/mol. The summed E-state index contributed by atoms with van der Waals surface area (Å²) in [6.45, 7) is 3.79. The SMILES string of the molecule is NCCN1CCC(CO[N+](=O)[O-])CC1.O=C(O)C=CC(=O)O.O=C(O)C=CC(=O)O. The van der Waals surface area contributed by atoms with Crippen LogP contribution in [0.4, 0.5) is 0 Å². The highest BCUT2D eigenvalue weighted by Gasteiger charge is 2.19. The van der Waals surface area contributed by atoms with Gasteiger partial charge in [-0.05, 0) is 31.8 Å². The largest absolute Gasteiger partial charge is 0.478 e. The van der Waals surface area contributed by atoms with Gasteiger partial charge >= 0.3 is 23.9 Å². The average molecular weight is 435 g/mol. The first-order valence-electron chi connectivity index (χ1n) is 8.45. The van der Waals surface area contributed by atoms with Crippen LogP contribution in [0, 0.1) is 16.0 Å². The number of aliphatic carboxylic acids is 4. The first-order valence-corrected chi connectivity index (χ1v) is 8.45. The molecule has 1 fully saturated rings. The fourth-order valence-corrected chi connectivity index (χ4v) is 2.01. The Bertz CT molecular complexity index is 560. The number of hydrogen-bond donors (Lipinski definition) is 5. The molecule has 0 aromatic heterocycles. The predicted molar refractivity (Wildman–Crippen MR) is 100.0 cm³/mol. The van der Waals surface area contributed by atoms with Gasteiger partial charge in [-0.1, -0.05) is 0 Å². The molecule has 1 saturated heterocycles. The summed E-state index contributed by atoms with van der Waals surface area (Å²) in [6, 6.07) is 0. The van der Waals surface area contributed by atoms with Gasteiger partial charge in [-0.25, -0.2) is 19.2 Å². The topological polar surface area (TPSA) is 231 Å². The van der Waals surface area contributed by atoms with Crippen LogP contribution in [0.1, 0.15) is 12.8 Å². The number of piperidine rings is 1. The molecule has 30 heavy (non-hydrogen) atoms. The van der Waals surface area contributed by atoms with Gasteiger partial charge in [0.25, 0.3) is 5.09 Å². The molecule has 14 nitrogen and oxygen atoms in total. The standard InChI is InChI=1S/C8H17N3O3.2C4H4O4/c9-3-6-10-4-1-8(2-5-10)7-14-11(12)13;2*5-3(6)1-2-4(7)8/h8H,1-7,9H2;2*1-2H,(H,5,6)(H,7,8). The molecule has 0 saturated carbocycles. The summed E-state index contributed by atoms with van der Waals surface area (Å²) in [4.78, 5) is 54.8. The molecule has 0 spiro atoms.